The maximum absolute atomic E-state index is 12.3. The Morgan fingerprint density at radius 3 is 2.75 bits per heavy atom. The molecule has 0 fully saturated rings. The van der Waals surface area contributed by atoms with Crippen molar-refractivity contribution in [3.63, 3.8) is 0 Å². The number of pyridine rings is 1. The third-order valence-corrected chi connectivity index (χ3v) is 4.30. The summed E-state index contributed by atoms with van der Waals surface area (Å²) in [7, 11) is 0. The molecule has 0 spiro atoms. The molecule has 2 aromatic rings. The molecule has 1 aromatic carbocycles. The zero-order valence-electron chi connectivity index (χ0n) is 14.3. The molecule has 0 radical (unpaired) electrons. The molecule has 0 unspecified atom stereocenters. The van der Waals surface area contributed by atoms with Crippen LogP contribution in [0.1, 0.15) is 29.8 Å². The van der Waals surface area contributed by atoms with Crippen molar-refractivity contribution in [1.82, 2.24) is 9.88 Å². The van der Waals surface area contributed by atoms with Gasteiger partial charge in [-0.15, -0.1) is 0 Å². The van der Waals surface area contributed by atoms with E-state index in [1.807, 2.05) is 38.9 Å². The average molecular weight is 324 g/mol. The van der Waals surface area contributed by atoms with Gasteiger partial charge in [0.2, 0.25) is 5.88 Å². The second-order valence-electron chi connectivity index (χ2n) is 5.78. The largest absolute Gasteiger partial charge is 0.439 e. The Kier molecular flexibility index (Phi) is 4.85. The van der Waals surface area contributed by atoms with Crippen LogP contribution in [0.4, 0.5) is 0 Å². The van der Waals surface area contributed by atoms with E-state index in [0.717, 1.165) is 11.3 Å². The molecule has 0 bridgehead atoms. The summed E-state index contributed by atoms with van der Waals surface area (Å²) < 4.78 is 11.4. The van der Waals surface area contributed by atoms with E-state index >= 15 is 0 Å². The minimum atomic E-state index is -0.0114. The zero-order chi connectivity index (χ0) is 17.1. The van der Waals surface area contributed by atoms with Gasteiger partial charge in [-0.3, -0.25) is 4.79 Å². The van der Waals surface area contributed by atoms with Crippen molar-refractivity contribution in [2.45, 2.75) is 27.3 Å². The van der Waals surface area contributed by atoms with E-state index in [4.69, 9.17) is 9.39 Å². The Labute approximate surface area is 142 Å². The molecule has 6 heteroatoms. The molecule has 3 rings (SSSR count). The second-order valence-corrected chi connectivity index (χ2v) is 5.78. The number of nitrogens with zero attached hydrogens (tertiary/aromatic N) is 2. The summed E-state index contributed by atoms with van der Waals surface area (Å²) in [6, 6.07) is 9.40. The van der Waals surface area contributed by atoms with E-state index < -0.39 is 0 Å². The first-order valence-corrected chi connectivity index (χ1v) is 8.30. The molecule has 1 amide bonds. The Morgan fingerprint density at radius 1 is 1.29 bits per heavy atom. The third kappa shape index (κ3) is 3.29. The highest BCUT2D eigenvalue weighted by Gasteiger charge is 2.23. The summed E-state index contributed by atoms with van der Waals surface area (Å²) in [5.74, 6) is 1.18. The topological polar surface area (TPSA) is 51.7 Å². The maximum Gasteiger partial charge on any atom is 0.324 e. The first-order chi connectivity index (χ1) is 11.6. The quantitative estimate of drug-likeness (QED) is 0.794. The van der Waals surface area contributed by atoms with E-state index in [-0.39, 0.29) is 12.8 Å². The average Bonchev–Trinajstić information content (AvgIpc) is 2.97. The summed E-state index contributed by atoms with van der Waals surface area (Å²) in [5.41, 5.74) is 2.92. The van der Waals surface area contributed by atoms with E-state index in [0.29, 0.717) is 31.1 Å². The number of fused-ring (bicyclic) bond motifs is 1. The lowest BCUT2D eigenvalue weighted by Gasteiger charge is -2.18. The molecule has 2 heterocycles. The third-order valence-electron chi connectivity index (χ3n) is 4.30. The standard InChI is InChI=1S/C18H21BN2O3/c1-4-21(5-2)18(22)13-6-9-17(20-11-13)24-15-7-8-16-14(10-15)12-23-19(16)3/h6-11H,4-5,12H2,1-3H3. The van der Waals surface area contributed by atoms with Gasteiger partial charge < -0.3 is 14.3 Å². The molecule has 0 atom stereocenters. The minimum absolute atomic E-state index is 0.0114. The van der Waals surface area contributed by atoms with Crippen LogP contribution in [-0.4, -0.2) is 35.8 Å². The van der Waals surface area contributed by atoms with E-state index in [1.54, 1.807) is 23.2 Å². The number of hydrogen-bond acceptors (Lipinski definition) is 4. The predicted molar refractivity (Wildman–Crippen MR) is 94.0 cm³/mol. The molecule has 124 valence electrons. The lowest BCUT2D eigenvalue weighted by atomic mass is 9.64. The highest BCUT2D eigenvalue weighted by atomic mass is 16.5. The van der Waals surface area contributed by atoms with E-state index in [2.05, 4.69) is 4.98 Å². The molecular weight excluding hydrogens is 303 g/mol. The van der Waals surface area contributed by atoms with Crippen molar-refractivity contribution in [3.8, 4) is 11.6 Å². The fraction of sp³-hybridized carbons (Fsp3) is 0.333. The molecular formula is C18H21BN2O3. The van der Waals surface area contributed by atoms with Crippen LogP contribution in [0, 0.1) is 0 Å². The summed E-state index contributed by atoms with van der Waals surface area (Å²) in [5, 5.41) is 0. The zero-order valence-corrected chi connectivity index (χ0v) is 14.3. The Bertz CT molecular complexity index is 730. The van der Waals surface area contributed by atoms with Crippen molar-refractivity contribution in [2.24, 2.45) is 0 Å². The van der Waals surface area contributed by atoms with Crippen LogP contribution < -0.4 is 10.2 Å². The number of hydrogen-bond donors (Lipinski definition) is 0. The van der Waals surface area contributed by atoms with Gasteiger partial charge in [0.15, 0.2) is 0 Å². The molecule has 0 N–H and O–H groups in total. The number of rotatable bonds is 5. The Hall–Kier alpha value is -2.34. The van der Waals surface area contributed by atoms with Crippen LogP contribution >= 0.6 is 0 Å². The van der Waals surface area contributed by atoms with Gasteiger partial charge in [-0.25, -0.2) is 4.98 Å². The van der Waals surface area contributed by atoms with Crippen LogP contribution in [0.3, 0.4) is 0 Å². The number of benzene rings is 1. The van der Waals surface area contributed by atoms with E-state index in [1.165, 1.54) is 5.46 Å². The monoisotopic (exact) mass is 324 g/mol. The molecule has 0 aliphatic carbocycles. The first-order valence-electron chi connectivity index (χ1n) is 8.30. The van der Waals surface area contributed by atoms with Crippen molar-refractivity contribution >= 4 is 18.3 Å². The summed E-state index contributed by atoms with van der Waals surface area (Å²) >= 11 is 0. The first kappa shape index (κ1) is 16.5. The van der Waals surface area contributed by atoms with Crippen LogP contribution in [-0.2, 0) is 11.3 Å². The molecule has 0 saturated heterocycles. The van der Waals surface area contributed by atoms with Gasteiger partial charge in [0.25, 0.3) is 5.91 Å². The number of ether oxygens (including phenoxy) is 1. The van der Waals surface area contributed by atoms with Crippen LogP contribution in [0.2, 0.25) is 6.82 Å². The van der Waals surface area contributed by atoms with Gasteiger partial charge >= 0.3 is 6.92 Å². The second kappa shape index (κ2) is 7.05. The highest BCUT2D eigenvalue weighted by Crippen LogP contribution is 2.23. The Balaban J connectivity index is 1.72. The molecule has 0 saturated carbocycles. The summed E-state index contributed by atoms with van der Waals surface area (Å²) in [6.45, 7) is 8.08. The highest BCUT2D eigenvalue weighted by molar-refractivity contribution is 6.67. The Morgan fingerprint density at radius 2 is 2.08 bits per heavy atom. The van der Waals surface area contributed by atoms with Crippen molar-refractivity contribution in [1.29, 1.82) is 0 Å². The lowest BCUT2D eigenvalue weighted by Crippen LogP contribution is -2.30. The fourth-order valence-electron chi connectivity index (χ4n) is 2.85. The van der Waals surface area contributed by atoms with Crippen LogP contribution in [0.5, 0.6) is 11.6 Å². The van der Waals surface area contributed by atoms with Gasteiger partial charge in [0, 0.05) is 25.4 Å². The van der Waals surface area contributed by atoms with Gasteiger partial charge in [-0.05, 0) is 43.1 Å². The van der Waals surface area contributed by atoms with Crippen molar-refractivity contribution < 1.29 is 14.2 Å². The van der Waals surface area contributed by atoms with Crippen molar-refractivity contribution in [2.75, 3.05) is 13.1 Å². The van der Waals surface area contributed by atoms with Gasteiger partial charge in [0.05, 0.1) is 12.2 Å². The van der Waals surface area contributed by atoms with Gasteiger partial charge in [0.1, 0.15) is 5.75 Å². The number of carbonyl (C=O) groups is 1. The van der Waals surface area contributed by atoms with Gasteiger partial charge in [-0.2, -0.15) is 0 Å². The lowest BCUT2D eigenvalue weighted by molar-refractivity contribution is 0.0772. The number of amides is 1. The minimum Gasteiger partial charge on any atom is -0.439 e. The normalized spacial score (nSPS) is 12.9. The summed E-state index contributed by atoms with van der Waals surface area (Å²) in [6.07, 6.45) is 1.56. The number of carbonyl (C=O) groups excluding carboxylic acids is 1. The van der Waals surface area contributed by atoms with Crippen molar-refractivity contribution in [3.05, 3.63) is 47.7 Å². The molecule has 1 aliphatic rings. The van der Waals surface area contributed by atoms with Crippen LogP contribution in [0.25, 0.3) is 0 Å². The van der Waals surface area contributed by atoms with Crippen LogP contribution in [0.15, 0.2) is 36.5 Å². The summed E-state index contributed by atoms with van der Waals surface area (Å²) in [4.78, 5) is 18.3. The maximum atomic E-state index is 12.3. The fourth-order valence-corrected chi connectivity index (χ4v) is 2.85. The van der Waals surface area contributed by atoms with E-state index in [9.17, 15) is 4.79 Å². The molecule has 5 nitrogen and oxygen atoms in total. The molecule has 1 aromatic heterocycles. The smallest absolute Gasteiger partial charge is 0.324 e. The van der Waals surface area contributed by atoms with Gasteiger partial charge in [-0.1, -0.05) is 12.9 Å². The number of aromatic nitrogens is 1. The SMILES string of the molecule is CCN(CC)C(=O)c1ccc(Oc2ccc3c(c2)COB3C)nc1. The predicted octanol–water partition coefficient (Wildman–Crippen LogP) is 2.71. The molecule has 1 aliphatic heterocycles. The molecule has 24 heavy (non-hydrogen) atoms.